The van der Waals surface area contributed by atoms with Gasteiger partial charge in [0.2, 0.25) is 0 Å². The molecule has 0 bridgehead atoms. The standard InChI is InChI=1S/C13H6Cl3F2NO3/c1-22-12-5(14)3-2-4(8(12)17)10-9(18)6(15)7(16)11(19-10)13(20)21/h2-3H,1H3,(H,20,21). The molecule has 0 amide bonds. The monoisotopic (exact) mass is 367 g/mol. The van der Waals surface area contributed by atoms with Gasteiger partial charge in [0.25, 0.3) is 0 Å². The number of methoxy groups -OCH3 is 1. The van der Waals surface area contributed by atoms with E-state index in [1.54, 1.807) is 0 Å². The quantitative estimate of drug-likeness (QED) is 0.853. The Balaban J connectivity index is 2.81. The molecule has 1 aromatic carbocycles. The molecule has 0 aliphatic rings. The maximum absolute atomic E-state index is 14.3. The lowest BCUT2D eigenvalue weighted by molar-refractivity contribution is 0.0690. The van der Waals surface area contributed by atoms with Crippen LogP contribution in [-0.2, 0) is 0 Å². The first-order chi connectivity index (χ1) is 10.3. The Morgan fingerprint density at radius 2 is 1.82 bits per heavy atom. The molecule has 0 spiro atoms. The number of hydrogen-bond acceptors (Lipinski definition) is 3. The highest BCUT2D eigenvalue weighted by Gasteiger charge is 2.25. The summed E-state index contributed by atoms with van der Waals surface area (Å²) in [6, 6.07) is 2.38. The summed E-state index contributed by atoms with van der Waals surface area (Å²) in [5.74, 6) is -4.02. The smallest absolute Gasteiger partial charge is 0.356 e. The largest absolute Gasteiger partial charge is 0.492 e. The summed E-state index contributed by atoms with van der Waals surface area (Å²) in [6.07, 6.45) is 0. The molecular weight excluding hydrogens is 363 g/mol. The minimum atomic E-state index is -1.53. The van der Waals surface area contributed by atoms with Gasteiger partial charge in [-0.15, -0.1) is 0 Å². The zero-order valence-electron chi connectivity index (χ0n) is 10.8. The van der Waals surface area contributed by atoms with Crippen molar-refractivity contribution in [3.8, 4) is 17.0 Å². The van der Waals surface area contributed by atoms with Gasteiger partial charge in [-0.05, 0) is 12.1 Å². The molecule has 0 fully saturated rings. The van der Waals surface area contributed by atoms with Crippen molar-refractivity contribution in [3.63, 3.8) is 0 Å². The van der Waals surface area contributed by atoms with Crippen LogP contribution in [0.5, 0.6) is 5.75 Å². The molecule has 0 radical (unpaired) electrons. The summed E-state index contributed by atoms with van der Waals surface area (Å²) in [7, 11) is 1.18. The third kappa shape index (κ3) is 2.69. The molecule has 4 nitrogen and oxygen atoms in total. The first kappa shape index (κ1) is 16.7. The number of carbonyl (C=O) groups is 1. The zero-order valence-corrected chi connectivity index (χ0v) is 13.0. The van der Waals surface area contributed by atoms with Gasteiger partial charge in [-0.25, -0.2) is 18.6 Å². The predicted molar refractivity (Wildman–Crippen MR) is 78.1 cm³/mol. The Kier molecular flexibility index (Phi) is 4.75. The van der Waals surface area contributed by atoms with E-state index in [2.05, 4.69) is 4.98 Å². The molecule has 22 heavy (non-hydrogen) atoms. The fourth-order valence-corrected chi connectivity index (χ4v) is 2.35. The van der Waals surface area contributed by atoms with Crippen LogP contribution in [-0.4, -0.2) is 23.2 Å². The van der Waals surface area contributed by atoms with Crippen molar-refractivity contribution in [1.29, 1.82) is 0 Å². The molecule has 2 rings (SSSR count). The van der Waals surface area contributed by atoms with E-state index < -0.39 is 39.0 Å². The first-order valence-electron chi connectivity index (χ1n) is 5.59. The Hall–Kier alpha value is -1.63. The molecule has 2 aromatic rings. The summed E-state index contributed by atoms with van der Waals surface area (Å²) in [6.45, 7) is 0. The van der Waals surface area contributed by atoms with Crippen molar-refractivity contribution in [1.82, 2.24) is 4.98 Å². The van der Waals surface area contributed by atoms with Crippen LogP contribution in [0, 0.1) is 11.6 Å². The fourth-order valence-electron chi connectivity index (χ4n) is 1.74. The number of halogens is 5. The minimum absolute atomic E-state index is 0.0392. The maximum atomic E-state index is 14.3. The number of pyridine rings is 1. The SMILES string of the molecule is COc1c(Cl)ccc(-c2nc(C(=O)O)c(Cl)c(Cl)c2F)c1F. The van der Waals surface area contributed by atoms with Crippen molar-refractivity contribution in [2.45, 2.75) is 0 Å². The zero-order chi connectivity index (χ0) is 16.6. The Bertz CT molecular complexity index is 784. The van der Waals surface area contributed by atoms with E-state index in [-0.39, 0.29) is 16.3 Å². The molecule has 116 valence electrons. The van der Waals surface area contributed by atoms with E-state index in [4.69, 9.17) is 44.6 Å². The van der Waals surface area contributed by atoms with Gasteiger partial charge in [-0.3, -0.25) is 0 Å². The Morgan fingerprint density at radius 3 is 2.36 bits per heavy atom. The number of carboxylic acid groups (broad SMARTS) is 1. The number of nitrogens with zero attached hydrogens (tertiary/aromatic N) is 1. The van der Waals surface area contributed by atoms with Gasteiger partial charge in [-0.1, -0.05) is 34.8 Å². The first-order valence-corrected chi connectivity index (χ1v) is 6.73. The lowest BCUT2D eigenvalue weighted by Crippen LogP contribution is -2.06. The van der Waals surface area contributed by atoms with E-state index in [0.29, 0.717) is 0 Å². The van der Waals surface area contributed by atoms with Crippen molar-refractivity contribution < 1.29 is 23.4 Å². The van der Waals surface area contributed by atoms with Crippen LogP contribution in [0.2, 0.25) is 15.1 Å². The van der Waals surface area contributed by atoms with Gasteiger partial charge in [-0.2, -0.15) is 0 Å². The molecule has 1 N–H and O–H groups in total. The maximum Gasteiger partial charge on any atom is 0.356 e. The third-order valence-corrected chi connectivity index (χ3v) is 3.85. The topological polar surface area (TPSA) is 59.4 Å². The van der Waals surface area contributed by atoms with Gasteiger partial charge >= 0.3 is 5.97 Å². The van der Waals surface area contributed by atoms with E-state index in [1.807, 2.05) is 0 Å². The highest BCUT2D eigenvalue weighted by Crippen LogP contribution is 2.38. The lowest BCUT2D eigenvalue weighted by Gasteiger charge is -2.12. The van der Waals surface area contributed by atoms with Crippen molar-refractivity contribution in [3.05, 3.63) is 44.5 Å². The van der Waals surface area contributed by atoms with Crippen LogP contribution in [0.3, 0.4) is 0 Å². The average Bonchev–Trinajstić information content (AvgIpc) is 2.46. The summed E-state index contributed by atoms with van der Waals surface area (Å²) >= 11 is 17.0. The lowest BCUT2D eigenvalue weighted by atomic mass is 10.1. The second-order valence-corrected chi connectivity index (χ2v) is 5.16. The summed E-state index contributed by atoms with van der Waals surface area (Å²) in [5.41, 5.74) is -1.67. The van der Waals surface area contributed by atoms with Crippen LogP contribution < -0.4 is 4.74 Å². The van der Waals surface area contributed by atoms with E-state index in [1.165, 1.54) is 13.2 Å². The van der Waals surface area contributed by atoms with Crippen molar-refractivity contribution >= 4 is 40.8 Å². The normalized spacial score (nSPS) is 10.6. The van der Waals surface area contributed by atoms with E-state index >= 15 is 0 Å². The summed E-state index contributed by atoms with van der Waals surface area (Å²) in [4.78, 5) is 14.6. The van der Waals surface area contributed by atoms with Crippen LogP contribution in [0.25, 0.3) is 11.3 Å². The van der Waals surface area contributed by atoms with Crippen molar-refractivity contribution in [2.75, 3.05) is 7.11 Å². The van der Waals surface area contributed by atoms with Crippen LogP contribution >= 0.6 is 34.8 Å². The third-order valence-electron chi connectivity index (χ3n) is 2.74. The molecule has 0 aliphatic carbocycles. The number of aromatic nitrogens is 1. The minimum Gasteiger partial charge on any atom is -0.492 e. The number of rotatable bonds is 3. The molecule has 0 aliphatic heterocycles. The summed E-state index contributed by atoms with van der Waals surface area (Å²) < 4.78 is 33.3. The molecule has 0 atom stereocenters. The van der Waals surface area contributed by atoms with Gasteiger partial charge in [0, 0.05) is 5.56 Å². The number of ether oxygens (including phenoxy) is 1. The van der Waals surface area contributed by atoms with Gasteiger partial charge < -0.3 is 9.84 Å². The number of benzene rings is 1. The average molecular weight is 369 g/mol. The van der Waals surface area contributed by atoms with Crippen LogP contribution in [0.15, 0.2) is 12.1 Å². The van der Waals surface area contributed by atoms with Crippen molar-refractivity contribution in [2.24, 2.45) is 0 Å². The number of hydrogen-bond donors (Lipinski definition) is 1. The number of aromatic carboxylic acids is 1. The molecule has 0 saturated heterocycles. The second kappa shape index (κ2) is 6.24. The molecule has 0 saturated carbocycles. The molecule has 1 aromatic heterocycles. The Labute approximate surface area is 138 Å². The summed E-state index contributed by atoms with van der Waals surface area (Å²) in [5, 5.41) is 7.72. The fraction of sp³-hybridized carbons (Fsp3) is 0.0769. The molecule has 1 heterocycles. The number of carboxylic acids is 1. The molecular formula is C13H6Cl3F2NO3. The molecule has 0 unspecified atom stereocenters. The van der Waals surface area contributed by atoms with Gasteiger partial charge in [0.1, 0.15) is 5.69 Å². The van der Waals surface area contributed by atoms with E-state index in [0.717, 1.165) is 6.07 Å². The van der Waals surface area contributed by atoms with Crippen LogP contribution in [0.1, 0.15) is 10.5 Å². The predicted octanol–water partition coefficient (Wildman–Crippen LogP) is 4.69. The van der Waals surface area contributed by atoms with Crippen LogP contribution in [0.4, 0.5) is 8.78 Å². The van der Waals surface area contributed by atoms with E-state index in [9.17, 15) is 13.6 Å². The highest BCUT2D eigenvalue weighted by molar-refractivity contribution is 6.43. The van der Waals surface area contributed by atoms with Gasteiger partial charge in [0.05, 0.1) is 22.2 Å². The Morgan fingerprint density at radius 1 is 1.18 bits per heavy atom. The molecule has 9 heteroatoms. The second-order valence-electron chi connectivity index (χ2n) is 4.00. The van der Waals surface area contributed by atoms with Gasteiger partial charge in [0.15, 0.2) is 23.1 Å². The highest BCUT2D eigenvalue weighted by atomic mass is 35.5.